The van der Waals surface area contributed by atoms with Gasteiger partial charge in [-0.3, -0.25) is 0 Å². The van der Waals surface area contributed by atoms with Gasteiger partial charge in [0.1, 0.15) is 0 Å². The van der Waals surface area contributed by atoms with Crippen molar-refractivity contribution in [1.82, 2.24) is 0 Å². The highest BCUT2D eigenvalue weighted by molar-refractivity contribution is 6.34. The van der Waals surface area contributed by atoms with E-state index >= 15 is 0 Å². The van der Waals surface area contributed by atoms with Crippen molar-refractivity contribution in [1.29, 1.82) is 0 Å². The summed E-state index contributed by atoms with van der Waals surface area (Å²) in [6.07, 6.45) is 0. The van der Waals surface area contributed by atoms with Crippen LogP contribution in [0.15, 0.2) is 243 Å². The Morgan fingerprint density at radius 1 is 0.183 bits per heavy atom. The van der Waals surface area contributed by atoms with Gasteiger partial charge in [-0.2, -0.15) is 0 Å². The highest BCUT2D eigenvalue weighted by atomic mass is 14.5. The van der Waals surface area contributed by atoms with Gasteiger partial charge >= 0.3 is 0 Å². The average Bonchev–Trinajstić information content (AvgIpc) is 1.83. The lowest BCUT2D eigenvalue weighted by molar-refractivity contribution is 0.521. The summed E-state index contributed by atoms with van der Waals surface area (Å²) < 4.78 is 0. The van der Waals surface area contributed by atoms with E-state index < -0.39 is 0 Å². The quantitative estimate of drug-likeness (QED) is 0.165. The van der Waals surface area contributed by atoms with Gasteiger partial charge in [-0.1, -0.05) is 246 Å². The maximum absolute atomic E-state index is 2.62. The summed E-state index contributed by atoms with van der Waals surface area (Å²) in [5.74, 6) is 0. The van der Waals surface area contributed by atoms with E-state index in [0.29, 0.717) is 0 Å². The van der Waals surface area contributed by atoms with E-state index in [0.717, 1.165) is 0 Å². The topological polar surface area (TPSA) is 0 Å². The van der Waals surface area contributed by atoms with Crippen LogP contribution in [0.3, 0.4) is 0 Å². The van der Waals surface area contributed by atoms with Crippen LogP contribution < -0.4 is 0 Å². The predicted molar refractivity (Wildman–Crippen MR) is 347 cm³/mol. The molecule has 0 aromatic heterocycles. The molecule has 0 bridgehead atoms. The Morgan fingerprint density at radius 3 is 0.610 bits per heavy atom. The molecule has 0 heterocycles. The summed E-state index contributed by atoms with van der Waals surface area (Å²) in [5, 5.41) is 10.7. The third-order valence-electron chi connectivity index (χ3n) is 20.2. The monoisotopic (exact) mass is 1040 g/mol. The molecule has 0 unspecified atom stereocenters. The van der Waals surface area contributed by atoms with E-state index in [-0.39, 0.29) is 10.8 Å². The van der Waals surface area contributed by atoms with Gasteiger partial charge in [0.25, 0.3) is 0 Å². The van der Waals surface area contributed by atoms with E-state index in [9.17, 15) is 0 Å². The Labute approximate surface area is 477 Å². The minimum absolute atomic E-state index is 0.277. The first-order valence-corrected chi connectivity index (χ1v) is 29.2. The van der Waals surface area contributed by atoms with E-state index in [1.54, 1.807) is 0 Å². The zero-order valence-corrected chi connectivity index (χ0v) is 46.1. The molecule has 0 saturated carbocycles. The maximum atomic E-state index is 2.62. The van der Waals surface area contributed by atoms with Crippen LogP contribution in [-0.2, 0) is 10.8 Å². The molecule has 0 atom stereocenters. The molecule has 0 saturated heterocycles. The van der Waals surface area contributed by atoms with Gasteiger partial charge in [-0.25, -0.2) is 0 Å². The first-order valence-electron chi connectivity index (χ1n) is 29.2. The maximum Gasteiger partial charge on any atom is 0.0153 e. The molecule has 5 aliphatic carbocycles. The van der Waals surface area contributed by atoms with Crippen LogP contribution in [0.2, 0.25) is 0 Å². The highest BCUT2D eigenvalue weighted by Crippen LogP contribution is 2.66. The molecule has 19 rings (SSSR count). The van der Waals surface area contributed by atoms with Crippen molar-refractivity contribution in [3.8, 4) is 134 Å². The molecule has 0 fully saturated rings. The van der Waals surface area contributed by atoms with Gasteiger partial charge in [0.15, 0.2) is 0 Å². The molecule has 0 N–H and O–H groups in total. The fourth-order valence-electron chi connectivity index (χ4n) is 16.7. The first kappa shape index (κ1) is 44.9. The van der Waals surface area contributed by atoms with E-state index in [2.05, 4.69) is 270 Å². The molecule has 0 heteroatoms. The second kappa shape index (κ2) is 15.5. The molecule has 0 amide bonds. The van der Waals surface area contributed by atoms with Gasteiger partial charge in [0, 0.05) is 10.8 Å². The molecule has 14 aromatic rings. The van der Waals surface area contributed by atoms with E-state index in [1.165, 1.54) is 199 Å². The van der Waals surface area contributed by atoms with Crippen molar-refractivity contribution >= 4 is 43.1 Å². The van der Waals surface area contributed by atoms with Crippen molar-refractivity contribution in [2.45, 2.75) is 38.5 Å². The Hall–Kier alpha value is -9.88. The van der Waals surface area contributed by atoms with Crippen LogP contribution in [-0.4, -0.2) is 0 Å². The predicted octanol–water partition coefficient (Wildman–Crippen LogP) is 22.5. The molecule has 0 nitrogen and oxygen atoms in total. The van der Waals surface area contributed by atoms with Crippen molar-refractivity contribution in [2.75, 3.05) is 0 Å². The minimum Gasteiger partial charge on any atom is -0.0622 e. The molecule has 0 aliphatic heterocycles. The number of hydrogen-bond acceptors (Lipinski definition) is 0. The van der Waals surface area contributed by atoms with Crippen molar-refractivity contribution in [3.63, 3.8) is 0 Å². The Kier molecular flexibility index (Phi) is 8.50. The number of rotatable bonds is 4. The lowest BCUT2D eigenvalue weighted by Gasteiger charge is -2.44. The highest BCUT2D eigenvalue weighted by Gasteiger charge is 2.46. The second-order valence-corrected chi connectivity index (χ2v) is 24.8. The van der Waals surface area contributed by atoms with Crippen molar-refractivity contribution in [2.24, 2.45) is 0 Å². The summed E-state index contributed by atoms with van der Waals surface area (Å²) in [6, 6.07) is 92.8. The van der Waals surface area contributed by atoms with Crippen LogP contribution in [0.25, 0.3) is 177 Å². The van der Waals surface area contributed by atoms with Crippen molar-refractivity contribution < 1.29 is 0 Å². The smallest absolute Gasteiger partial charge is 0.0153 e. The molecule has 5 aliphatic rings. The third-order valence-corrected chi connectivity index (χ3v) is 20.2. The summed E-state index contributed by atoms with van der Waals surface area (Å²) in [6.45, 7) is 9.98. The van der Waals surface area contributed by atoms with Crippen LogP contribution in [0.1, 0.15) is 49.9 Å². The van der Waals surface area contributed by atoms with Gasteiger partial charge in [0.2, 0.25) is 0 Å². The van der Waals surface area contributed by atoms with E-state index in [1.807, 2.05) is 0 Å². The van der Waals surface area contributed by atoms with E-state index in [4.69, 9.17) is 0 Å². The fourth-order valence-corrected chi connectivity index (χ4v) is 16.7. The summed E-state index contributed by atoms with van der Waals surface area (Å²) in [5.41, 5.74) is 37.0. The second-order valence-electron chi connectivity index (χ2n) is 24.8. The Bertz CT molecular complexity index is 4620. The first-order chi connectivity index (χ1) is 40.3. The van der Waals surface area contributed by atoms with Crippen LogP contribution in [0.5, 0.6) is 0 Å². The lowest BCUT2D eigenvalue weighted by atomic mass is 9.59. The minimum atomic E-state index is -0.277. The summed E-state index contributed by atoms with van der Waals surface area (Å²) >= 11 is 0. The number of benzene rings is 14. The molecule has 380 valence electrons. The van der Waals surface area contributed by atoms with Crippen LogP contribution in [0.4, 0.5) is 0 Å². The number of fused-ring (bicyclic) bond motifs is 16. The Morgan fingerprint density at radius 2 is 0.378 bits per heavy atom. The molecule has 82 heavy (non-hydrogen) atoms. The third kappa shape index (κ3) is 5.44. The standard InChI is InChI=1S/C82H52/c1-81(2)65-41-61-53-33-37-57-75-59(79-71(47-25-13-7-14-26-47)51-31-19-17-29-49(51)69(77(57)79)45-21-9-5-10-22-45)39-35-55(73(53)75)63(61)43-67(65)82(3,4)68-44-64-56-36-40-60-76-58(38-34-54(74(56)76)62(64)42-66(68)81)78-70(46-23-11-6-12-24-46)50-30-18-20-32-52(50)72(80(60)78)48-27-15-8-16-28-48/h5-44H,1-4H3. The van der Waals surface area contributed by atoms with Gasteiger partial charge < -0.3 is 0 Å². The molecular formula is C82H52. The normalized spacial score (nSPS) is 14.3. The zero-order chi connectivity index (χ0) is 54.1. The van der Waals surface area contributed by atoms with Crippen LogP contribution in [0, 0.1) is 0 Å². The fraction of sp³-hybridized carbons (Fsp3) is 0.0732. The molecule has 14 aromatic carbocycles. The lowest BCUT2D eigenvalue weighted by Crippen LogP contribution is -2.36. The average molecular weight is 1040 g/mol. The SMILES string of the molecule is CC1(C)c2cc3c(cc2C(C)(C)c2cc4c(cc21)-c1ccc2c5c(ccc-4c15)-c1c-2c(-c2ccccc2)c2ccccc2c1-c1ccccc1)-c1ccc2c4c(ccc-3c14)-c1c-2c(-c2ccccc2)c2ccccc2c1-c1ccccc1. The summed E-state index contributed by atoms with van der Waals surface area (Å²) in [4.78, 5) is 0. The van der Waals surface area contributed by atoms with Gasteiger partial charge in [-0.15, -0.1) is 0 Å². The largest absolute Gasteiger partial charge is 0.0622 e. The molecule has 0 spiro atoms. The Balaban J connectivity index is 0.800. The van der Waals surface area contributed by atoms with Gasteiger partial charge in [-0.05, 0) is 223 Å². The van der Waals surface area contributed by atoms with Crippen molar-refractivity contribution in [3.05, 3.63) is 265 Å². The zero-order valence-electron chi connectivity index (χ0n) is 46.1. The number of hydrogen-bond donors (Lipinski definition) is 0. The molecule has 0 radical (unpaired) electrons. The van der Waals surface area contributed by atoms with Crippen LogP contribution >= 0.6 is 0 Å². The summed E-state index contributed by atoms with van der Waals surface area (Å²) in [7, 11) is 0. The molecular weight excluding hydrogens is 985 g/mol. The van der Waals surface area contributed by atoms with Gasteiger partial charge in [0.05, 0.1) is 0 Å².